The Morgan fingerprint density at radius 1 is 0.196 bits per heavy atom. The highest BCUT2D eigenvalue weighted by atomic mass is 32.1. The van der Waals surface area contributed by atoms with E-state index in [-0.39, 0.29) is 0 Å². The van der Waals surface area contributed by atoms with E-state index in [1.807, 2.05) is 157 Å². The van der Waals surface area contributed by atoms with Crippen LogP contribution in [0.25, 0.3) is 220 Å². The molecule has 0 spiro atoms. The van der Waals surface area contributed by atoms with Crippen LogP contribution in [0.1, 0.15) is 0 Å². The molecule has 0 unspecified atom stereocenters. The van der Waals surface area contributed by atoms with E-state index in [4.69, 9.17) is 48.7 Å². The number of rotatable bonds is 12. The van der Waals surface area contributed by atoms with Gasteiger partial charge in [0.2, 0.25) is 0 Å². The molecule has 112 heavy (non-hydrogen) atoms. The van der Waals surface area contributed by atoms with E-state index in [0.29, 0.717) is 40.8 Å². The average molecular weight is 1470 g/mol. The van der Waals surface area contributed by atoms with Gasteiger partial charge < -0.3 is 8.83 Å². The summed E-state index contributed by atoms with van der Waals surface area (Å²) in [7, 11) is 0. The highest BCUT2D eigenvalue weighted by Gasteiger charge is 2.25. The highest BCUT2D eigenvalue weighted by Crippen LogP contribution is 2.48. The molecule has 0 bridgehead atoms. The second kappa shape index (κ2) is 27.9. The minimum Gasteiger partial charge on any atom is -0.456 e. The number of thiophene rings is 2. The Bertz CT molecular complexity index is 7260. The van der Waals surface area contributed by atoms with Crippen LogP contribution in [0.5, 0.6) is 0 Å². The number of furan rings is 2. The first-order valence-corrected chi connectivity index (χ1v) is 38.7. The molecular formula is C100H60N8O2S2. The first-order valence-electron chi connectivity index (χ1n) is 37.1. The predicted octanol–water partition coefficient (Wildman–Crippen LogP) is 27.1. The molecule has 0 atom stereocenters. The predicted molar refractivity (Wildman–Crippen MR) is 461 cm³/mol. The summed E-state index contributed by atoms with van der Waals surface area (Å²) in [4.78, 5) is 40.4. The minimum atomic E-state index is 0.570. The number of aromatic nitrogens is 8. The fraction of sp³-hybridized carbons (Fsp3) is 0. The van der Waals surface area contributed by atoms with E-state index in [1.165, 1.54) is 41.6 Å². The van der Waals surface area contributed by atoms with Crippen LogP contribution < -0.4 is 0 Å². The molecule has 7 aromatic heterocycles. The number of hydrogen-bond donors (Lipinski definition) is 0. The summed E-state index contributed by atoms with van der Waals surface area (Å²) in [6.07, 6.45) is 0. The molecule has 0 aliphatic rings. The van der Waals surface area contributed by atoms with E-state index in [2.05, 4.69) is 218 Å². The molecule has 0 N–H and O–H groups in total. The van der Waals surface area contributed by atoms with Gasteiger partial charge in [0.15, 0.2) is 40.8 Å². The molecule has 0 saturated heterocycles. The fourth-order valence-corrected chi connectivity index (χ4v) is 17.7. The number of hydrogen-bond acceptors (Lipinski definition) is 12. The van der Waals surface area contributed by atoms with Gasteiger partial charge in [0.05, 0.1) is 15.9 Å². The molecule has 0 aliphatic heterocycles. The summed E-state index contributed by atoms with van der Waals surface area (Å²) in [6.45, 7) is 0. The van der Waals surface area contributed by atoms with E-state index in [0.717, 1.165) is 137 Å². The standard InChI is InChI=1S/C51H31N3OS.C49H29N5OS/c1-4-15-32(16-5-1)42-30-37(31-43-40-23-10-11-28-45(40)56-48(42)43)38-24-14-27-44-46(38)41-26-13-25-39(47(41)55-44)35-21-12-22-36(29-35)51-53-49(33-17-6-2-7-18-33)52-50(54-51)34-19-8-3-9-20-34;1-4-14-30(15-5-1)33-20-12-21-34(28-33)43-45-44(37-22-10-11-25-41(37)56-45)51-49(50-43)38-23-13-24-39-42(38)36-27-26-35(29-40(36)55-39)48-53-46(31-16-6-2-7-17-31)52-47(54-48)32-18-8-3-9-19-32/h1-31H;1-29H. The van der Waals surface area contributed by atoms with E-state index < -0.39 is 0 Å². The van der Waals surface area contributed by atoms with Gasteiger partial charge in [0, 0.05) is 107 Å². The van der Waals surface area contributed by atoms with Gasteiger partial charge in [-0.15, -0.1) is 22.7 Å². The fourth-order valence-electron chi connectivity index (χ4n) is 15.4. The van der Waals surface area contributed by atoms with Crippen molar-refractivity contribution in [1.29, 1.82) is 0 Å². The lowest BCUT2D eigenvalue weighted by Gasteiger charge is -2.10. The zero-order valence-electron chi connectivity index (χ0n) is 59.9. The van der Waals surface area contributed by atoms with Crippen molar-refractivity contribution < 1.29 is 8.83 Å². The van der Waals surface area contributed by atoms with Gasteiger partial charge in [-0.05, 0) is 94.0 Å². The Kier molecular flexibility index (Phi) is 16.4. The summed E-state index contributed by atoms with van der Waals surface area (Å²) in [6, 6.07) is 125. The average Bonchev–Trinajstić information content (AvgIpc) is 1.58. The van der Waals surface area contributed by atoms with Crippen LogP contribution in [-0.2, 0) is 0 Å². The molecule has 15 aromatic carbocycles. The van der Waals surface area contributed by atoms with Gasteiger partial charge in [0.1, 0.15) is 22.3 Å². The van der Waals surface area contributed by atoms with Crippen LogP contribution in [0.15, 0.2) is 373 Å². The lowest BCUT2D eigenvalue weighted by atomic mass is 9.93. The molecule has 0 radical (unpaired) electrons. The summed E-state index contributed by atoms with van der Waals surface area (Å²) >= 11 is 3.60. The molecular weight excluding hydrogens is 1410 g/mol. The monoisotopic (exact) mass is 1470 g/mol. The Hall–Kier alpha value is -14.6. The lowest BCUT2D eigenvalue weighted by Crippen LogP contribution is -2.00. The van der Waals surface area contributed by atoms with E-state index in [1.54, 1.807) is 11.3 Å². The van der Waals surface area contributed by atoms with Crippen molar-refractivity contribution >= 4 is 107 Å². The van der Waals surface area contributed by atoms with Crippen LogP contribution in [0, 0.1) is 0 Å². The summed E-state index contributed by atoms with van der Waals surface area (Å²) in [5.74, 6) is 4.33. The van der Waals surface area contributed by atoms with Gasteiger partial charge in [-0.25, -0.2) is 39.9 Å². The summed E-state index contributed by atoms with van der Waals surface area (Å²) < 4.78 is 18.3. The highest BCUT2D eigenvalue weighted by molar-refractivity contribution is 7.26. The van der Waals surface area contributed by atoms with Crippen molar-refractivity contribution in [2.24, 2.45) is 0 Å². The van der Waals surface area contributed by atoms with Gasteiger partial charge in [-0.3, -0.25) is 0 Å². The molecule has 0 aliphatic carbocycles. The lowest BCUT2D eigenvalue weighted by molar-refractivity contribution is 0.669. The quantitative estimate of drug-likeness (QED) is 0.117. The largest absolute Gasteiger partial charge is 0.456 e. The normalized spacial score (nSPS) is 11.6. The SMILES string of the molecule is c1ccc(-c2cccc(-c3nc(-c4cccc5oc6cc(-c7nc(-c8ccccc8)nc(-c8ccccc8)n7)ccc6c45)nc4c3sc3ccccc34)c2)cc1.c1ccc(-c2nc(-c3ccccc3)nc(-c3cccc(-c4cccc5c4oc4cccc(-c6cc(-c7ccccc7)c7sc8ccccc8c7c6)c45)c3)n2)cc1. The topological polar surface area (TPSA) is 129 Å². The third kappa shape index (κ3) is 12.0. The first kappa shape index (κ1) is 65.7. The number of fused-ring (bicyclic) bond motifs is 12. The van der Waals surface area contributed by atoms with E-state index >= 15 is 0 Å². The van der Waals surface area contributed by atoms with Gasteiger partial charge in [-0.2, -0.15) is 0 Å². The van der Waals surface area contributed by atoms with Gasteiger partial charge in [-0.1, -0.05) is 303 Å². The molecule has 524 valence electrons. The van der Waals surface area contributed by atoms with Crippen molar-refractivity contribution in [3.05, 3.63) is 364 Å². The number of benzene rings is 15. The van der Waals surface area contributed by atoms with Crippen molar-refractivity contribution in [2.45, 2.75) is 0 Å². The molecule has 12 heteroatoms. The summed E-state index contributed by atoms with van der Waals surface area (Å²) in [5.41, 5.74) is 21.5. The van der Waals surface area contributed by atoms with Crippen LogP contribution in [0.3, 0.4) is 0 Å². The second-order valence-corrected chi connectivity index (χ2v) is 29.7. The maximum atomic E-state index is 6.82. The molecule has 0 saturated carbocycles. The first-order chi connectivity index (χ1) is 55.5. The Labute approximate surface area is 650 Å². The van der Waals surface area contributed by atoms with Crippen molar-refractivity contribution in [3.8, 4) is 135 Å². The number of nitrogens with zero attached hydrogens (tertiary/aromatic N) is 8. The molecule has 0 fully saturated rings. The zero-order chi connectivity index (χ0) is 74.0. The third-order valence-corrected chi connectivity index (χ3v) is 23.1. The van der Waals surface area contributed by atoms with Gasteiger partial charge >= 0.3 is 0 Å². The van der Waals surface area contributed by atoms with Crippen LogP contribution in [0.4, 0.5) is 0 Å². The van der Waals surface area contributed by atoms with Gasteiger partial charge in [0.25, 0.3) is 0 Å². The number of para-hydroxylation sites is 1. The maximum absolute atomic E-state index is 6.82. The van der Waals surface area contributed by atoms with E-state index in [9.17, 15) is 0 Å². The second-order valence-electron chi connectivity index (χ2n) is 27.6. The smallest absolute Gasteiger partial charge is 0.164 e. The summed E-state index contributed by atoms with van der Waals surface area (Å²) in [5, 5.41) is 7.78. The Morgan fingerprint density at radius 2 is 0.625 bits per heavy atom. The van der Waals surface area contributed by atoms with Crippen molar-refractivity contribution in [1.82, 2.24) is 39.9 Å². The van der Waals surface area contributed by atoms with Crippen LogP contribution in [-0.4, -0.2) is 39.9 Å². The molecule has 7 heterocycles. The van der Waals surface area contributed by atoms with Crippen molar-refractivity contribution in [3.63, 3.8) is 0 Å². The molecule has 10 nitrogen and oxygen atoms in total. The molecule has 22 aromatic rings. The zero-order valence-corrected chi connectivity index (χ0v) is 61.5. The van der Waals surface area contributed by atoms with Crippen LogP contribution in [0.2, 0.25) is 0 Å². The Morgan fingerprint density at radius 3 is 1.24 bits per heavy atom. The Balaban J connectivity index is 0.000000141. The minimum absolute atomic E-state index is 0.570. The third-order valence-electron chi connectivity index (χ3n) is 20.7. The molecule has 0 amide bonds. The van der Waals surface area contributed by atoms with Crippen LogP contribution >= 0.6 is 22.7 Å². The maximum Gasteiger partial charge on any atom is 0.164 e. The molecule has 22 rings (SSSR count). The van der Waals surface area contributed by atoms with Crippen molar-refractivity contribution in [2.75, 3.05) is 0 Å².